The van der Waals surface area contributed by atoms with Crippen LogP contribution in [0.15, 0.2) is 54.6 Å². The molecule has 1 saturated carbocycles. The highest BCUT2D eigenvalue weighted by Gasteiger charge is 2.18. The molecule has 0 spiro atoms. The number of nitrogens with one attached hydrogen (secondary N) is 2. The monoisotopic (exact) mass is 417 g/mol. The quantitative estimate of drug-likeness (QED) is 0.479. The number of halogens is 1. The second-order valence-electron chi connectivity index (χ2n) is 7.64. The Hall–Kier alpha value is -3.81. The number of hydrogen-bond donors (Lipinski definition) is 2. The summed E-state index contributed by atoms with van der Waals surface area (Å²) < 4.78 is 20.2. The number of benzene rings is 2. The Bertz CT molecular complexity index is 1230. The van der Waals surface area contributed by atoms with Crippen LogP contribution in [0.4, 0.5) is 10.1 Å². The molecule has 2 heterocycles. The normalized spacial score (nSPS) is 13.7. The molecular formula is C23H20FN5O2. The maximum absolute atomic E-state index is 14.4. The molecule has 0 aliphatic heterocycles. The van der Waals surface area contributed by atoms with Crippen molar-refractivity contribution in [2.75, 3.05) is 11.9 Å². The molecule has 31 heavy (non-hydrogen) atoms. The zero-order chi connectivity index (χ0) is 21.2. The van der Waals surface area contributed by atoms with E-state index in [9.17, 15) is 9.18 Å². The number of amides is 1. The van der Waals surface area contributed by atoms with Crippen LogP contribution < -0.4 is 10.1 Å². The molecule has 2 aromatic heterocycles. The first-order valence-electron chi connectivity index (χ1n) is 10.2. The average molecular weight is 417 g/mol. The van der Waals surface area contributed by atoms with E-state index in [1.807, 2.05) is 0 Å². The van der Waals surface area contributed by atoms with Gasteiger partial charge in [-0.15, -0.1) is 5.10 Å². The van der Waals surface area contributed by atoms with E-state index in [2.05, 4.69) is 25.7 Å². The number of H-pyrrole nitrogens is 1. The van der Waals surface area contributed by atoms with E-state index in [1.54, 1.807) is 42.5 Å². The molecule has 2 N–H and O–H groups in total. The molecule has 0 saturated heterocycles. The van der Waals surface area contributed by atoms with Crippen LogP contribution in [-0.4, -0.2) is 32.9 Å². The summed E-state index contributed by atoms with van der Waals surface area (Å²) in [6.45, 7) is 0.720. The smallest absolute Gasteiger partial charge is 0.258 e. The second kappa shape index (κ2) is 8.14. The average Bonchev–Trinajstić information content (AvgIpc) is 3.22. The number of hydrogen-bond acceptors (Lipinski definition) is 5. The molecule has 5 rings (SSSR count). The summed E-state index contributed by atoms with van der Waals surface area (Å²) in [5.41, 5.74) is 2.76. The predicted octanol–water partition coefficient (Wildman–Crippen LogP) is 4.59. The maximum Gasteiger partial charge on any atom is 0.258 e. The SMILES string of the molecule is O=C(Nc1ccc(OCC2CCC2)cc1)c1cc(-c2ccc3n[nH]nc3n2)ccc1F. The van der Waals surface area contributed by atoms with Crippen LogP contribution in [0.2, 0.25) is 0 Å². The van der Waals surface area contributed by atoms with Crippen LogP contribution in [0.25, 0.3) is 22.4 Å². The summed E-state index contributed by atoms with van der Waals surface area (Å²) in [6.07, 6.45) is 3.73. The molecule has 1 aliphatic carbocycles. The van der Waals surface area contributed by atoms with Crippen molar-refractivity contribution in [3.8, 4) is 17.0 Å². The number of nitrogens with zero attached hydrogens (tertiary/aromatic N) is 3. The fourth-order valence-electron chi connectivity index (χ4n) is 3.46. The molecule has 2 aromatic carbocycles. The van der Waals surface area contributed by atoms with Gasteiger partial charge >= 0.3 is 0 Å². The van der Waals surface area contributed by atoms with Crippen molar-refractivity contribution in [3.05, 3.63) is 66.0 Å². The highest BCUT2D eigenvalue weighted by molar-refractivity contribution is 6.05. The minimum atomic E-state index is -0.607. The molecule has 0 bridgehead atoms. The first kappa shape index (κ1) is 19.2. The van der Waals surface area contributed by atoms with Gasteiger partial charge in [0.2, 0.25) is 5.65 Å². The molecule has 8 heteroatoms. The number of aromatic amines is 1. The van der Waals surface area contributed by atoms with E-state index in [-0.39, 0.29) is 5.56 Å². The van der Waals surface area contributed by atoms with Gasteiger partial charge in [0.25, 0.3) is 5.91 Å². The lowest BCUT2D eigenvalue weighted by molar-refractivity contribution is 0.102. The lowest BCUT2D eigenvalue weighted by Crippen LogP contribution is -2.19. The topological polar surface area (TPSA) is 92.8 Å². The Kier molecular flexibility index (Phi) is 5.03. The van der Waals surface area contributed by atoms with E-state index >= 15 is 0 Å². The minimum Gasteiger partial charge on any atom is -0.493 e. The summed E-state index contributed by atoms with van der Waals surface area (Å²) in [5.74, 6) is 0.260. The van der Waals surface area contributed by atoms with E-state index in [4.69, 9.17) is 4.74 Å². The summed E-state index contributed by atoms with van der Waals surface area (Å²) in [6, 6.07) is 14.9. The Morgan fingerprint density at radius 3 is 2.71 bits per heavy atom. The number of ether oxygens (including phenoxy) is 1. The standard InChI is InChI=1S/C23H20FN5O2/c24-19-9-4-15(20-10-11-21-22(26-20)28-29-27-21)12-18(19)23(30)25-16-5-7-17(8-6-16)31-13-14-2-1-3-14/h4-12,14H,1-3,13H2,(H,25,30)(H,26,27,28,29). The second-order valence-corrected chi connectivity index (χ2v) is 7.64. The number of aromatic nitrogens is 4. The molecule has 156 valence electrons. The van der Waals surface area contributed by atoms with E-state index in [1.165, 1.54) is 31.4 Å². The van der Waals surface area contributed by atoms with Crippen LogP contribution >= 0.6 is 0 Å². The van der Waals surface area contributed by atoms with E-state index in [0.29, 0.717) is 34.0 Å². The fraction of sp³-hybridized carbons (Fsp3) is 0.217. The number of fused-ring (bicyclic) bond motifs is 1. The lowest BCUT2D eigenvalue weighted by atomic mass is 9.86. The van der Waals surface area contributed by atoms with Gasteiger partial charge in [0.15, 0.2) is 0 Å². The van der Waals surface area contributed by atoms with E-state index in [0.717, 1.165) is 12.4 Å². The highest BCUT2D eigenvalue weighted by Crippen LogP contribution is 2.28. The first-order chi connectivity index (χ1) is 15.2. The first-order valence-corrected chi connectivity index (χ1v) is 10.2. The summed E-state index contributed by atoms with van der Waals surface area (Å²) in [7, 11) is 0. The van der Waals surface area contributed by atoms with Crippen LogP contribution in [0.1, 0.15) is 29.6 Å². The van der Waals surface area contributed by atoms with Gasteiger partial charge in [0, 0.05) is 11.3 Å². The van der Waals surface area contributed by atoms with Crippen molar-refractivity contribution >= 4 is 22.8 Å². The number of pyridine rings is 1. The number of carbonyl (C=O) groups is 1. The molecule has 1 fully saturated rings. The number of anilines is 1. The zero-order valence-electron chi connectivity index (χ0n) is 16.6. The number of carbonyl (C=O) groups excluding carboxylic acids is 1. The Morgan fingerprint density at radius 1 is 1.10 bits per heavy atom. The molecule has 0 radical (unpaired) electrons. The lowest BCUT2D eigenvalue weighted by Gasteiger charge is -2.25. The highest BCUT2D eigenvalue weighted by atomic mass is 19.1. The van der Waals surface area contributed by atoms with E-state index < -0.39 is 11.7 Å². The van der Waals surface area contributed by atoms with Crippen molar-refractivity contribution in [2.45, 2.75) is 19.3 Å². The van der Waals surface area contributed by atoms with Crippen LogP contribution in [-0.2, 0) is 0 Å². The van der Waals surface area contributed by atoms with Gasteiger partial charge in [-0.2, -0.15) is 10.3 Å². The zero-order valence-corrected chi connectivity index (χ0v) is 16.6. The fourth-order valence-corrected chi connectivity index (χ4v) is 3.46. The van der Waals surface area contributed by atoms with Crippen molar-refractivity contribution in [1.82, 2.24) is 20.4 Å². The van der Waals surface area contributed by atoms with Crippen molar-refractivity contribution < 1.29 is 13.9 Å². The summed E-state index contributed by atoms with van der Waals surface area (Å²) in [5, 5.41) is 13.2. The van der Waals surface area contributed by atoms with Crippen molar-refractivity contribution in [1.29, 1.82) is 0 Å². The summed E-state index contributed by atoms with van der Waals surface area (Å²) >= 11 is 0. The van der Waals surface area contributed by atoms with Gasteiger partial charge in [0.05, 0.1) is 17.9 Å². The number of rotatable bonds is 6. The van der Waals surface area contributed by atoms with Crippen molar-refractivity contribution in [3.63, 3.8) is 0 Å². The third-order valence-corrected chi connectivity index (χ3v) is 5.51. The molecule has 4 aromatic rings. The molecule has 1 amide bonds. The Morgan fingerprint density at radius 2 is 1.94 bits per heavy atom. The third kappa shape index (κ3) is 4.09. The minimum absolute atomic E-state index is 0.0649. The van der Waals surface area contributed by atoms with Crippen LogP contribution in [0.3, 0.4) is 0 Å². The van der Waals surface area contributed by atoms with Crippen LogP contribution in [0.5, 0.6) is 5.75 Å². The molecule has 1 aliphatic rings. The third-order valence-electron chi connectivity index (χ3n) is 5.51. The van der Waals surface area contributed by atoms with Crippen LogP contribution in [0, 0.1) is 11.7 Å². The van der Waals surface area contributed by atoms with Gasteiger partial charge in [-0.1, -0.05) is 6.42 Å². The molecule has 7 nitrogen and oxygen atoms in total. The maximum atomic E-state index is 14.4. The van der Waals surface area contributed by atoms with Crippen molar-refractivity contribution in [2.24, 2.45) is 5.92 Å². The largest absolute Gasteiger partial charge is 0.493 e. The molecule has 0 unspecified atom stereocenters. The Labute approximate surface area is 177 Å². The molecular weight excluding hydrogens is 397 g/mol. The van der Waals surface area contributed by atoms with Gasteiger partial charge in [0.1, 0.15) is 17.1 Å². The van der Waals surface area contributed by atoms with Gasteiger partial charge < -0.3 is 10.1 Å². The summed E-state index contributed by atoms with van der Waals surface area (Å²) in [4.78, 5) is 17.1. The Balaban J connectivity index is 1.31. The molecule has 0 atom stereocenters. The van der Waals surface area contributed by atoms with Gasteiger partial charge in [-0.25, -0.2) is 9.37 Å². The van der Waals surface area contributed by atoms with Gasteiger partial charge in [-0.05, 0) is 73.4 Å². The predicted molar refractivity (Wildman–Crippen MR) is 114 cm³/mol. The van der Waals surface area contributed by atoms with Gasteiger partial charge in [-0.3, -0.25) is 4.79 Å².